The number of benzene rings is 2. The molecule has 2 N–H and O–H groups in total. The highest BCUT2D eigenvalue weighted by molar-refractivity contribution is 9.10. The topological polar surface area (TPSA) is 111 Å². The zero-order chi connectivity index (χ0) is 24.9. The number of esters is 2. The molecule has 0 fully saturated rings. The van der Waals surface area contributed by atoms with Crippen LogP contribution in [0.4, 0.5) is 11.4 Å². The molecule has 0 saturated carbocycles. The Bertz CT molecular complexity index is 1010. The molecular formula is C25H29BrN2O6. The Morgan fingerprint density at radius 2 is 1.62 bits per heavy atom. The van der Waals surface area contributed by atoms with Gasteiger partial charge in [-0.2, -0.15) is 0 Å². The van der Waals surface area contributed by atoms with Crippen LogP contribution in [0.25, 0.3) is 0 Å². The predicted octanol–water partition coefficient (Wildman–Crippen LogP) is 5.01. The predicted molar refractivity (Wildman–Crippen MR) is 133 cm³/mol. The van der Waals surface area contributed by atoms with Crippen molar-refractivity contribution in [2.24, 2.45) is 0 Å². The van der Waals surface area contributed by atoms with Gasteiger partial charge in [0.2, 0.25) is 5.91 Å². The van der Waals surface area contributed by atoms with Gasteiger partial charge in [-0.1, -0.05) is 35.7 Å². The number of hydrogen-bond donors (Lipinski definition) is 2. The van der Waals surface area contributed by atoms with Gasteiger partial charge in [0, 0.05) is 22.3 Å². The van der Waals surface area contributed by atoms with E-state index in [1.165, 1.54) is 0 Å². The van der Waals surface area contributed by atoms with Crippen LogP contribution in [0.5, 0.6) is 0 Å². The van der Waals surface area contributed by atoms with Crippen molar-refractivity contribution in [2.45, 2.75) is 46.0 Å². The lowest BCUT2D eigenvalue weighted by atomic mass is 10.2. The van der Waals surface area contributed by atoms with Gasteiger partial charge in [-0.05, 0) is 61.4 Å². The maximum absolute atomic E-state index is 12.1. The van der Waals surface area contributed by atoms with E-state index >= 15 is 0 Å². The molecule has 0 atom stereocenters. The number of carbonyl (C=O) groups excluding carboxylic acids is 4. The maximum Gasteiger partial charge on any atom is 0.338 e. The lowest BCUT2D eigenvalue weighted by Gasteiger charge is -2.09. The summed E-state index contributed by atoms with van der Waals surface area (Å²) in [5.41, 5.74) is 2.38. The zero-order valence-corrected chi connectivity index (χ0v) is 20.9. The fourth-order valence-corrected chi connectivity index (χ4v) is 3.38. The van der Waals surface area contributed by atoms with E-state index < -0.39 is 24.5 Å². The van der Waals surface area contributed by atoms with Gasteiger partial charge in [-0.15, -0.1) is 0 Å². The molecule has 0 heterocycles. The second-order valence-electron chi connectivity index (χ2n) is 7.64. The summed E-state index contributed by atoms with van der Waals surface area (Å²) >= 11 is 3.35. The van der Waals surface area contributed by atoms with E-state index in [-0.39, 0.29) is 18.7 Å². The van der Waals surface area contributed by atoms with E-state index in [0.29, 0.717) is 23.5 Å². The molecule has 0 aliphatic rings. The SMILES string of the molecule is CCCCCOC(=O)c1ccc(NC(=O)CCC(=O)OCC(=O)Nc2ccc(Br)cc2C)cc1. The first-order chi connectivity index (χ1) is 16.3. The third-order valence-corrected chi connectivity index (χ3v) is 5.26. The molecule has 8 nitrogen and oxygen atoms in total. The van der Waals surface area contributed by atoms with Gasteiger partial charge in [0.05, 0.1) is 18.6 Å². The molecule has 0 saturated heterocycles. The Morgan fingerprint density at radius 3 is 2.29 bits per heavy atom. The van der Waals surface area contributed by atoms with Gasteiger partial charge in [-0.3, -0.25) is 14.4 Å². The largest absolute Gasteiger partial charge is 0.462 e. The van der Waals surface area contributed by atoms with Crippen molar-refractivity contribution >= 4 is 51.1 Å². The number of amides is 2. The maximum atomic E-state index is 12.1. The number of nitrogens with one attached hydrogen (secondary N) is 2. The highest BCUT2D eigenvalue weighted by Crippen LogP contribution is 2.20. The molecule has 0 radical (unpaired) electrons. The summed E-state index contributed by atoms with van der Waals surface area (Å²) in [6.45, 7) is 3.86. The second-order valence-corrected chi connectivity index (χ2v) is 8.55. The number of carbonyl (C=O) groups is 4. The standard InChI is InChI=1S/C25H29BrN2O6/c1-3-4-5-14-33-25(32)18-6-9-20(10-7-18)27-22(29)12-13-24(31)34-16-23(30)28-21-11-8-19(26)15-17(21)2/h6-11,15H,3-5,12-14,16H2,1-2H3,(H,27,29)(H,28,30). The Morgan fingerprint density at radius 1 is 0.882 bits per heavy atom. The van der Waals surface area contributed by atoms with Crippen LogP contribution >= 0.6 is 15.9 Å². The Labute approximate surface area is 207 Å². The number of unbranched alkanes of at least 4 members (excludes halogenated alkanes) is 2. The molecular weight excluding hydrogens is 504 g/mol. The first kappa shape index (κ1) is 27.0. The van der Waals surface area contributed by atoms with Crippen LogP contribution in [0, 0.1) is 6.92 Å². The van der Waals surface area contributed by atoms with Gasteiger partial charge in [0.15, 0.2) is 6.61 Å². The summed E-state index contributed by atoms with van der Waals surface area (Å²) in [6.07, 6.45) is 2.61. The second kappa shape index (κ2) is 14.1. The molecule has 34 heavy (non-hydrogen) atoms. The van der Waals surface area contributed by atoms with Crippen molar-refractivity contribution in [2.75, 3.05) is 23.8 Å². The van der Waals surface area contributed by atoms with Gasteiger partial charge in [0.1, 0.15) is 0 Å². The van der Waals surface area contributed by atoms with E-state index in [0.717, 1.165) is 29.3 Å². The van der Waals surface area contributed by atoms with Crippen molar-refractivity contribution in [1.29, 1.82) is 0 Å². The fraction of sp³-hybridized carbons (Fsp3) is 0.360. The number of ether oxygens (including phenoxy) is 2. The lowest BCUT2D eigenvalue weighted by Crippen LogP contribution is -2.22. The van der Waals surface area contributed by atoms with Crippen LogP contribution in [0.2, 0.25) is 0 Å². The van der Waals surface area contributed by atoms with Crippen molar-refractivity contribution in [3.63, 3.8) is 0 Å². The van der Waals surface area contributed by atoms with E-state index in [9.17, 15) is 19.2 Å². The Hall–Kier alpha value is -3.20. The molecule has 2 aromatic carbocycles. The van der Waals surface area contributed by atoms with Crippen LogP contribution < -0.4 is 10.6 Å². The molecule has 182 valence electrons. The quantitative estimate of drug-likeness (QED) is 0.293. The summed E-state index contributed by atoms with van der Waals surface area (Å²) < 4.78 is 11.0. The van der Waals surface area contributed by atoms with E-state index in [4.69, 9.17) is 9.47 Å². The number of anilines is 2. The highest BCUT2D eigenvalue weighted by atomic mass is 79.9. The number of aryl methyl sites for hydroxylation is 1. The van der Waals surface area contributed by atoms with Gasteiger partial charge in [0.25, 0.3) is 5.91 Å². The number of halogens is 1. The van der Waals surface area contributed by atoms with Gasteiger partial charge in [-0.25, -0.2) is 4.79 Å². The number of rotatable bonds is 12. The smallest absolute Gasteiger partial charge is 0.338 e. The minimum absolute atomic E-state index is 0.104. The van der Waals surface area contributed by atoms with Crippen LogP contribution in [-0.4, -0.2) is 37.0 Å². The zero-order valence-electron chi connectivity index (χ0n) is 19.3. The van der Waals surface area contributed by atoms with Crippen LogP contribution in [-0.2, 0) is 23.9 Å². The molecule has 2 rings (SSSR count). The average molecular weight is 533 g/mol. The van der Waals surface area contributed by atoms with Gasteiger partial charge >= 0.3 is 11.9 Å². The molecule has 9 heteroatoms. The molecule has 0 aromatic heterocycles. The molecule has 0 aliphatic heterocycles. The first-order valence-electron chi connectivity index (χ1n) is 11.1. The van der Waals surface area contributed by atoms with Crippen molar-refractivity contribution < 1.29 is 28.7 Å². The average Bonchev–Trinajstić information content (AvgIpc) is 2.81. The summed E-state index contributed by atoms with van der Waals surface area (Å²) in [4.78, 5) is 47.9. The van der Waals surface area contributed by atoms with Crippen LogP contribution in [0.3, 0.4) is 0 Å². The first-order valence-corrected chi connectivity index (χ1v) is 11.9. The highest BCUT2D eigenvalue weighted by Gasteiger charge is 2.12. The third kappa shape index (κ3) is 9.74. The third-order valence-electron chi connectivity index (χ3n) is 4.77. The van der Waals surface area contributed by atoms with E-state index in [1.807, 2.05) is 13.0 Å². The van der Waals surface area contributed by atoms with Crippen molar-refractivity contribution in [3.05, 3.63) is 58.1 Å². The minimum Gasteiger partial charge on any atom is -0.462 e. The molecule has 2 amide bonds. The van der Waals surface area contributed by atoms with Crippen molar-refractivity contribution in [1.82, 2.24) is 0 Å². The van der Waals surface area contributed by atoms with E-state index in [1.54, 1.807) is 36.4 Å². The van der Waals surface area contributed by atoms with Gasteiger partial charge < -0.3 is 20.1 Å². The monoisotopic (exact) mass is 532 g/mol. The Balaban J connectivity index is 1.68. The minimum atomic E-state index is -0.654. The van der Waals surface area contributed by atoms with Crippen molar-refractivity contribution in [3.8, 4) is 0 Å². The fourth-order valence-electron chi connectivity index (χ4n) is 2.90. The summed E-state index contributed by atoms with van der Waals surface area (Å²) in [5.74, 6) is -1.91. The molecule has 0 unspecified atom stereocenters. The summed E-state index contributed by atoms with van der Waals surface area (Å²) in [5, 5.41) is 5.32. The molecule has 0 aliphatic carbocycles. The lowest BCUT2D eigenvalue weighted by molar-refractivity contribution is -0.147. The molecule has 2 aromatic rings. The summed E-state index contributed by atoms with van der Waals surface area (Å²) in [7, 11) is 0. The molecule has 0 spiro atoms. The molecule has 0 bridgehead atoms. The number of hydrogen-bond acceptors (Lipinski definition) is 6. The van der Waals surface area contributed by atoms with Crippen LogP contribution in [0.1, 0.15) is 54.9 Å². The Kier molecular flexibility index (Phi) is 11.3. The van der Waals surface area contributed by atoms with E-state index in [2.05, 4.69) is 33.5 Å². The van der Waals surface area contributed by atoms with Crippen LogP contribution in [0.15, 0.2) is 46.9 Å². The summed E-state index contributed by atoms with van der Waals surface area (Å²) in [6, 6.07) is 11.7. The normalized spacial score (nSPS) is 10.3.